The van der Waals surface area contributed by atoms with Gasteiger partial charge in [0.05, 0.1) is 6.04 Å². The van der Waals surface area contributed by atoms with Gasteiger partial charge in [0, 0.05) is 49.0 Å². The third-order valence-electron chi connectivity index (χ3n) is 2.05. The number of rotatable bonds is 4. The van der Waals surface area contributed by atoms with Crippen LogP contribution in [0.25, 0.3) is 0 Å². The highest BCUT2D eigenvalue weighted by Gasteiger charge is 2.19. The Morgan fingerprint density at radius 3 is 2.93 bits per heavy atom. The highest BCUT2D eigenvalue weighted by atomic mass is 32.2. The first-order valence-electron chi connectivity index (χ1n) is 4.72. The van der Waals surface area contributed by atoms with E-state index in [4.69, 9.17) is 0 Å². The molecule has 2 unspecified atom stereocenters. The average molecular weight is 219 g/mol. The second-order valence-electron chi connectivity index (χ2n) is 3.28. The Labute approximate surface area is 86.5 Å². The lowest BCUT2D eigenvalue weighted by atomic mass is 10.2. The minimum Gasteiger partial charge on any atom is -0.354 e. The van der Waals surface area contributed by atoms with Crippen molar-refractivity contribution in [2.45, 2.75) is 6.04 Å². The molecule has 1 fully saturated rings. The van der Waals surface area contributed by atoms with Gasteiger partial charge < -0.3 is 16.0 Å². The minimum absolute atomic E-state index is 0.0114. The topological polar surface area (TPSA) is 70.2 Å². The molecule has 1 aliphatic rings. The summed E-state index contributed by atoms with van der Waals surface area (Å²) in [7, 11) is -0.838. The van der Waals surface area contributed by atoms with E-state index < -0.39 is 10.8 Å². The van der Waals surface area contributed by atoms with Crippen LogP contribution in [0.1, 0.15) is 0 Å². The number of carbonyl (C=O) groups is 1. The van der Waals surface area contributed by atoms with E-state index in [1.54, 1.807) is 6.26 Å². The maximum absolute atomic E-state index is 11.5. The van der Waals surface area contributed by atoms with E-state index >= 15 is 0 Å². The van der Waals surface area contributed by atoms with E-state index in [1.807, 2.05) is 0 Å². The quantitative estimate of drug-likeness (QED) is 0.514. The maximum atomic E-state index is 11.5. The molecule has 0 radical (unpaired) electrons. The van der Waals surface area contributed by atoms with Crippen LogP contribution in [0.3, 0.4) is 0 Å². The molecule has 3 N–H and O–H groups in total. The van der Waals surface area contributed by atoms with E-state index in [0.29, 0.717) is 18.8 Å². The average Bonchev–Trinajstić information content (AvgIpc) is 2.18. The minimum atomic E-state index is -0.838. The van der Waals surface area contributed by atoms with Crippen molar-refractivity contribution in [1.29, 1.82) is 0 Å². The SMILES string of the molecule is CS(=O)CCNC(=O)C1CNCCN1. The molecule has 82 valence electrons. The zero-order valence-electron chi connectivity index (χ0n) is 8.34. The zero-order valence-corrected chi connectivity index (χ0v) is 9.15. The molecule has 1 rings (SSSR count). The largest absolute Gasteiger partial charge is 0.354 e. The second kappa shape index (κ2) is 6.10. The van der Waals surface area contributed by atoms with Gasteiger partial charge in [-0.25, -0.2) is 0 Å². The van der Waals surface area contributed by atoms with Crippen LogP contribution >= 0.6 is 0 Å². The molecule has 0 bridgehead atoms. The number of amides is 1. The molecule has 14 heavy (non-hydrogen) atoms. The molecule has 6 heteroatoms. The predicted octanol–water partition coefficient (Wildman–Crippen LogP) is -1.96. The van der Waals surface area contributed by atoms with Gasteiger partial charge in [0.15, 0.2) is 0 Å². The van der Waals surface area contributed by atoms with Gasteiger partial charge in [-0.05, 0) is 0 Å². The van der Waals surface area contributed by atoms with E-state index in [2.05, 4.69) is 16.0 Å². The Kier molecular flexibility index (Phi) is 5.06. The van der Waals surface area contributed by atoms with Gasteiger partial charge in [-0.2, -0.15) is 0 Å². The lowest BCUT2D eigenvalue weighted by Crippen LogP contribution is -2.56. The third-order valence-corrected chi connectivity index (χ3v) is 2.83. The molecule has 5 nitrogen and oxygen atoms in total. The smallest absolute Gasteiger partial charge is 0.238 e. The number of nitrogens with one attached hydrogen (secondary N) is 3. The summed E-state index contributed by atoms with van der Waals surface area (Å²) in [5, 5.41) is 8.99. The Morgan fingerprint density at radius 2 is 2.36 bits per heavy atom. The zero-order chi connectivity index (χ0) is 10.4. The molecule has 0 spiro atoms. The molecule has 1 heterocycles. The van der Waals surface area contributed by atoms with Crippen molar-refractivity contribution in [3.8, 4) is 0 Å². The highest BCUT2D eigenvalue weighted by Crippen LogP contribution is 1.86. The summed E-state index contributed by atoms with van der Waals surface area (Å²) in [5.41, 5.74) is 0. The second-order valence-corrected chi connectivity index (χ2v) is 4.83. The summed E-state index contributed by atoms with van der Waals surface area (Å²) in [4.78, 5) is 11.5. The molecule has 2 atom stereocenters. The first-order chi connectivity index (χ1) is 6.70. The summed E-state index contributed by atoms with van der Waals surface area (Å²) in [6.45, 7) is 2.88. The standard InChI is InChI=1S/C8H17N3O2S/c1-14(13)5-4-11-8(12)7-6-9-2-3-10-7/h7,9-10H,2-6H2,1H3,(H,11,12). The van der Waals surface area contributed by atoms with Gasteiger partial charge in [-0.3, -0.25) is 9.00 Å². The van der Waals surface area contributed by atoms with Crippen molar-refractivity contribution in [3.05, 3.63) is 0 Å². The van der Waals surface area contributed by atoms with Crippen molar-refractivity contribution in [2.24, 2.45) is 0 Å². The molecular weight excluding hydrogens is 202 g/mol. The van der Waals surface area contributed by atoms with Crippen LogP contribution < -0.4 is 16.0 Å². The number of hydrogen-bond donors (Lipinski definition) is 3. The van der Waals surface area contributed by atoms with E-state index in [1.165, 1.54) is 0 Å². The Hall–Kier alpha value is -0.460. The molecule has 0 saturated carbocycles. The lowest BCUT2D eigenvalue weighted by Gasteiger charge is -2.23. The van der Waals surface area contributed by atoms with Crippen LogP contribution in [0.5, 0.6) is 0 Å². The van der Waals surface area contributed by atoms with Crippen LogP contribution in [-0.4, -0.2) is 54.3 Å². The molecule has 0 aromatic carbocycles. The number of carbonyl (C=O) groups excluding carboxylic acids is 1. The van der Waals surface area contributed by atoms with Crippen molar-refractivity contribution in [3.63, 3.8) is 0 Å². The van der Waals surface area contributed by atoms with Crippen LogP contribution in [0, 0.1) is 0 Å². The molecule has 0 aromatic heterocycles. The molecule has 0 aliphatic carbocycles. The number of piperazine rings is 1. The van der Waals surface area contributed by atoms with E-state index in [-0.39, 0.29) is 11.9 Å². The van der Waals surface area contributed by atoms with Crippen molar-refractivity contribution in [2.75, 3.05) is 38.2 Å². The molecule has 1 aliphatic heterocycles. The summed E-state index contributed by atoms with van der Waals surface area (Å²) >= 11 is 0. The van der Waals surface area contributed by atoms with Crippen LogP contribution in [-0.2, 0) is 15.6 Å². The number of hydrogen-bond acceptors (Lipinski definition) is 4. The van der Waals surface area contributed by atoms with Gasteiger partial charge in [-0.1, -0.05) is 0 Å². The van der Waals surface area contributed by atoms with E-state index in [9.17, 15) is 9.00 Å². The normalized spacial score (nSPS) is 24.2. The lowest BCUT2D eigenvalue weighted by molar-refractivity contribution is -0.123. The molecule has 1 saturated heterocycles. The van der Waals surface area contributed by atoms with Crippen LogP contribution in [0.4, 0.5) is 0 Å². The summed E-state index contributed by atoms with van der Waals surface area (Å²) < 4.78 is 10.7. The molecule has 0 aromatic rings. The van der Waals surface area contributed by atoms with E-state index in [0.717, 1.165) is 13.1 Å². The summed E-state index contributed by atoms with van der Waals surface area (Å²) in [6.07, 6.45) is 1.63. The Morgan fingerprint density at radius 1 is 1.57 bits per heavy atom. The van der Waals surface area contributed by atoms with Gasteiger partial charge >= 0.3 is 0 Å². The van der Waals surface area contributed by atoms with Gasteiger partial charge in [-0.15, -0.1) is 0 Å². The predicted molar refractivity (Wildman–Crippen MR) is 56.6 cm³/mol. The van der Waals surface area contributed by atoms with Crippen LogP contribution in [0.15, 0.2) is 0 Å². The van der Waals surface area contributed by atoms with Gasteiger partial charge in [0.2, 0.25) is 5.91 Å². The summed E-state index contributed by atoms with van der Waals surface area (Å²) in [6, 6.07) is -0.144. The van der Waals surface area contributed by atoms with Gasteiger partial charge in [0.1, 0.15) is 0 Å². The van der Waals surface area contributed by atoms with Crippen molar-refractivity contribution >= 4 is 16.7 Å². The first kappa shape index (κ1) is 11.6. The Balaban J connectivity index is 2.16. The monoisotopic (exact) mass is 219 g/mol. The van der Waals surface area contributed by atoms with Crippen LogP contribution in [0.2, 0.25) is 0 Å². The fourth-order valence-corrected chi connectivity index (χ4v) is 1.67. The van der Waals surface area contributed by atoms with Gasteiger partial charge in [0.25, 0.3) is 0 Å². The van der Waals surface area contributed by atoms with Crippen molar-refractivity contribution < 1.29 is 9.00 Å². The summed E-state index contributed by atoms with van der Waals surface area (Å²) in [5.74, 6) is 0.508. The first-order valence-corrected chi connectivity index (χ1v) is 6.44. The third kappa shape index (κ3) is 4.17. The molecule has 1 amide bonds. The fraction of sp³-hybridized carbons (Fsp3) is 0.875. The fourth-order valence-electron chi connectivity index (χ4n) is 1.28. The maximum Gasteiger partial charge on any atom is 0.238 e. The highest BCUT2D eigenvalue weighted by molar-refractivity contribution is 7.84. The Bertz CT molecular complexity index is 217. The molecular formula is C8H17N3O2S. The van der Waals surface area contributed by atoms with Crippen molar-refractivity contribution in [1.82, 2.24) is 16.0 Å².